The lowest BCUT2D eigenvalue weighted by atomic mass is 9.85. The minimum atomic E-state index is -3.62. The van der Waals surface area contributed by atoms with Gasteiger partial charge in [0, 0.05) is 19.3 Å². The number of carboxylic acid groups (broad SMARTS) is 1. The highest BCUT2D eigenvalue weighted by Crippen LogP contribution is 2.28. The number of fused-ring (bicyclic) bond motifs is 1. The predicted octanol–water partition coefficient (Wildman–Crippen LogP) is 3.18. The summed E-state index contributed by atoms with van der Waals surface area (Å²) < 4.78 is 27.8. The fraction of sp³-hybridized carbons (Fsp3) is 0.429. The number of carbonyl (C=O) groups is 1. The van der Waals surface area contributed by atoms with Crippen molar-refractivity contribution in [1.29, 1.82) is 0 Å². The Kier molecular flexibility index (Phi) is 5.59. The molecule has 2 aromatic rings. The topological polar surface area (TPSA) is 87.6 Å². The minimum Gasteiger partial charge on any atom is -0.481 e. The van der Waals surface area contributed by atoms with E-state index in [1.807, 2.05) is 25.1 Å². The van der Waals surface area contributed by atoms with Crippen LogP contribution < -0.4 is 0 Å². The molecule has 0 atom stereocenters. The first-order valence-electron chi connectivity index (χ1n) is 9.37. The largest absolute Gasteiger partial charge is 0.481 e. The third kappa shape index (κ3) is 4.10. The third-order valence-corrected chi connectivity index (χ3v) is 7.19. The van der Waals surface area contributed by atoms with Crippen molar-refractivity contribution in [2.45, 2.75) is 51.5 Å². The van der Waals surface area contributed by atoms with Gasteiger partial charge in [-0.05, 0) is 68.9 Å². The van der Waals surface area contributed by atoms with E-state index in [9.17, 15) is 18.3 Å². The number of aryl methyl sites for hydroxylation is 2. The lowest BCUT2D eigenvalue weighted by molar-refractivity contribution is -0.146. The van der Waals surface area contributed by atoms with Crippen molar-refractivity contribution in [3.63, 3.8) is 0 Å². The Hall–Kier alpha value is -2.25. The van der Waals surface area contributed by atoms with Gasteiger partial charge < -0.3 is 5.11 Å². The molecule has 2 heterocycles. The maximum Gasteiger partial charge on any atom is 0.309 e. The standard InChI is InChI=1S/C21H26N2O4S/c1-15-8-9-16(13-21(2,3)20(24)25)12-17(15)14-23-11-5-6-18-19(28(23,26)27)7-4-10-22-18/h4,7-10,12H,5-6,11,13-14H2,1-3H3,(H,24,25). The molecule has 0 spiro atoms. The summed E-state index contributed by atoms with van der Waals surface area (Å²) >= 11 is 0. The maximum absolute atomic E-state index is 13.2. The van der Waals surface area contributed by atoms with E-state index < -0.39 is 21.4 Å². The van der Waals surface area contributed by atoms with E-state index in [0.29, 0.717) is 31.5 Å². The van der Waals surface area contributed by atoms with Gasteiger partial charge in [-0.2, -0.15) is 4.31 Å². The van der Waals surface area contributed by atoms with Crippen LogP contribution in [-0.4, -0.2) is 35.3 Å². The molecule has 1 aliphatic rings. The first kappa shape index (κ1) is 20.5. The molecule has 0 bridgehead atoms. The summed E-state index contributed by atoms with van der Waals surface area (Å²) in [6.45, 7) is 6.03. The normalized spacial score (nSPS) is 17.0. The molecule has 3 rings (SSSR count). The molecule has 0 radical (unpaired) electrons. The van der Waals surface area contributed by atoms with E-state index in [1.165, 1.54) is 4.31 Å². The van der Waals surface area contributed by atoms with Gasteiger partial charge in [0.25, 0.3) is 0 Å². The first-order chi connectivity index (χ1) is 13.1. The summed E-state index contributed by atoms with van der Waals surface area (Å²) in [5, 5.41) is 9.39. The maximum atomic E-state index is 13.2. The van der Waals surface area contributed by atoms with Crippen molar-refractivity contribution in [3.8, 4) is 0 Å². The molecule has 1 N–H and O–H groups in total. The summed E-state index contributed by atoms with van der Waals surface area (Å²) in [4.78, 5) is 16.0. The number of aliphatic carboxylic acids is 1. The number of hydrogen-bond donors (Lipinski definition) is 1. The van der Waals surface area contributed by atoms with Crippen LogP contribution in [0.25, 0.3) is 0 Å². The second-order valence-corrected chi connectivity index (χ2v) is 9.92. The van der Waals surface area contributed by atoms with E-state index >= 15 is 0 Å². The molecular weight excluding hydrogens is 376 g/mol. The van der Waals surface area contributed by atoms with Crippen molar-refractivity contribution in [3.05, 3.63) is 58.9 Å². The van der Waals surface area contributed by atoms with E-state index in [0.717, 1.165) is 16.7 Å². The van der Waals surface area contributed by atoms with Gasteiger partial charge in [0.15, 0.2) is 0 Å². The summed E-state index contributed by atoms with van der Waals surface area (Å²) in [7, 11) is -3.62. The van der Waals surface area contributed by atoms with Gasteiger partial charge in [-0.15, -0.1) is 0 Å². The lowest BCUT2D eigenvalue weighted by Gasteiger charge is -2.23. The molecular formula is C21H26N2O4S. The number of rotatable bonds is 5. The molecule has 7 heteroatoms. The molecule has 0 fully saturated rings. The van der Waals surface area contributed by atoms with Crippen LogP contribution >= 0.6 is 0 Å². The molecule has 0 unspecified atom stereocenters. The number of benzene rings is 1. The van der Waals surface area contributed by atoms with Crippen LogP contribution in [0.4, 0.5) is 0 Å². The fourth-order valence-corrected chi connectivity index (χ4v) is 5.13. The summed E-state index contributed by atoms with van der Waals surface area (Å²) in [5.74, 6) is -0.853. The number of pyridine rings is 1. The Morgan fingerprint density at radius 1 is 1.29 bits per heavy atom. The smallest absolute Gasteiger partial charge is 0.309 e. The Bertz CT molecular complexity index is 999. The Morgan fingerprint density at radius 2 is 2.04 bits per heavy atom. The Morgan fingerprint density at radius 3 is 2.75 bits per heavy atom. The Labute approximate surface area is 166 Å². The zero-order valence-corrected chi connectivity index (χ0v) is 17.3. The van der Waals surface area contributed by atoms with Crippen molar-refractivity contribution >= 4 is 16.0 Å². The average molecular weight is 403 g/mol. The number of nitrogens with zero attached hydrogens (tertiary/aromatic N) is 2. The highest BCUT2D eigenvalue weighted by Gasteiger charge is 2.31. The van der Waals surface area contributed by atoms with Gasteiger partial charge in [0.1, 0.15) is 4.90 Å². The van der Waals surface area contributed by atoms with E-state index in [1.54, 1.807) is 32.2 Å². The number of sulfonamides is 1. The lowest BCUT2D eigenvalue weighted by Crippen LogP contribution is -2.31. The molecule has 0 amide bonds. The summed E-state index contributed by atoms with van der Waals surface area (Å²) in [6, 6.07) is 9.06. The summed E-state index contributed by atoms with van der Waals surface area (Å²) in [5.41, 5.74) is 2.52. The van der Waals surface area contributed by atoms with Crippen LogP contribution in [0.15, 0.2) is 41.4 Å². The number of aromatic nitrogens is 1. The van der Waals surface area contributed by atoms with Crippen molar-refractivity contribution < 1.29 is 18.3 Å². The molecule has 0 saturated carbocycles. The molecule has 6 nitrogen and oxygen atoms in total. The van der Waals surface area contributed by atoms with E-state index in [4.69, 9.17) is 0 Å². The quantitative estimate of drug-likeness (QED) is 0.830. The number of hydrogen-bond acceptors (Lipinski definition) is 4. The van der Waals surface area contributed by atoms with Gasteiger partial charge in [-0.25, -0.2) is 8.42 Å². The molecule has 1 aromatic heterocycles. The number of carboxylic acids is 1. The van der Waals surface area contributed by atoms with Gasteiger partial charge in [-0.3, -0.25) is 9.78 Å². The molecule has 0 saturated heterocycles. The highest BCUT2D eigenvalue weighted by atomic mass is 32.2. The van der Waals surface area contributed by atoms with Gasteiger partial charge in [-0.1, -0.05) is 18.2 Å². The second kappa shape index (κ2) is 7.64. The zero-order chi connectivity index (χ0) is 20.5. The van der Waals surface area contributed by atoms with Crippen molar-refractivity contribution in [2.75, 3.05) is 6.54 Å². The van der Waals surface area contributed by atoms with Gasteiger partial charge >= 0.3 is 5.97 Å². The SMILES string of the molecule is Cc1ccc(CC(C)(C)C(=O)O)cc1CN1CCCc2ncccc2S1(=O)=O. The Balaban J connectivity index is 1.91. The second-order valence-electron chi connectivity index (χ2n) is 8.02. The molecule has 1 aliphatic heterocycles. The van der Waals surface area contributed by atoms with Crippen LogP contribution in [0.2, 0.25) is 0 Å². The monoisotopic (exact) mass is 402 g/mol. The van der Waals surface area contributed by atoms with Crippen molar-refractivity contribution in [1.82, 2.24) is 9.29 Å². The van der Waals surface area contributed by atoms with Crippen LogP contribution in [-0.2, 0) is 34.2 Å². The van der Waals surface area contributed by atoms with E-state index in [-0.39, 0.29) is 11.4 Å². The molecule has 28 heavy (non-hydrogen) atoms. The van der Waals surface area contributed by atoms with Crippen LogP contribution in [0, 0.1) is 12.3 Å². The highest BCUT2D eigenvalue weighted by molar-refractivity contribution is 7.89. The van der Waals surface area contributed by atoms with Crippen molar-refractivity contribution in [2.24, 2.45) is 5.41 Å². The van der Waals surface area contributed by atoms with Gasteiger partial charge in [0.05, 0.1) is 11.1 Å². The third-order valence-electron chi connectivity index (χ3n) is 5.27. The molecule has 0 aliphatic carbocycles. The molecule has 150 valence electrons. The van der Waals surface area contributed by atoms with E-state index in [2.05, 4.69) is 4.98 Å². The predicted molar refractivity (Wildman–Crippen MR) is 106 cm³/mol. The molecule has 1 aromatic carbocycles. The van der Waals surface area contributed by atoms with Crippen LogP contribution in [0.1, 0.15) is 42.7 Å². The van der Waals surface area contributed by atoms with Crippen LogP contribution in [0.3, 0.4) is 0 Å². The minimum absolute atomic E-state index is 0.268. The fourth-order valence-electron chi connectivity index (χ4n) is 3.47. The first-order valence-corrected chi connectivity index (χ1v) is 10.8. The zero-order valence-electron chi connectivity index (χ0n) is 16.5. The van der Waals surface area contributed by atoms with Crippen LogP contribution in [0.5, 0.6) is 0 Å². The van der Waals surface area contributed by atoms with Gasteiger partial charge in [0.2, 0.25) is 10.0 Å². The average Bonchev–Trinajstić information content (AvgIpc) is 2.74. The summed E-state index contributed by atoms with van der Waals surface area (Å²) in [6.07, 6.45) is 3.36.